The second-order valence-corrected chi connectivity index (χ2v) is 5.02. The Morgan fingerprint density at radius 3 is 2.50 bits per heavy atom. The maximum absolute atomic E-state index is 11.9. The van der Waals surface area contributed by atoms with E-state index >= 15 is 0 Å². The first-order valence-corrected chi connectivity index (χ1v) is 6.48. The number of ketones is 1. The maximum atomic E-state index is 11.9. The predicted octanol–water partition coefficient (Wildman–Crippen LogP) is 2.44. The number of aromatic hydroxyl groups is 1. The van der Waals surface area contributed by atoms with Crippen LogP contribution >= 0.6 is 12.2 Å². The van der Waals surface area contributed by atoms with Crippen LogP contribution in [0.5, 0.6) is 5.75 Å². The van der Waals surface area contributed by atoms with Crippen molar-refractivity contribution in [1.82, 2.24) is 5.32 Å². The Balaban J connectivity index is 2.67. The van der Waals surface area contributed by atoms with Gasteiger partial charge < -0.3 is 10.4 Å². The normalized spacial score (nSPS) is 18.6. The summed E-state index contributed by atoms with van der Waals surface area (Å²) in [5.74, 6) is 1.99. The van der Waals surface area contributed by atoms with Crippen LogP contribution in [0.4, 0.5) is 0 Å². The molecule has 0 amide bonds. The van der Waals surface area contributed by atoms with Gasteiger partial charge in [-0.15, -0.1) is 0 Å². The zero-order chi connectivity index (χ0) is 14.9. The molecule has 0 aromatic heterocycles. The molecule has 0 bridgehead atoms. The number of phenolic OH excluding ortho intramolecular Hbond substituents is 1. The summed E-state index contributed by atoms with van der Waals surface area (Å²) in [6.45, 7) is 3.28. The number of phenols is 1. The minimum atomic E-state index is -0.417. The molecule has 5 heteroatoms. The van der Waals surface area contributed by atoms with Gasteiger partial charge in [-0.05, 0) is 37.4 Å². The molecule has 1 aromatic rings. The molecule has 0 radical (unpaired) electrons. The highest BCUT2D eigenvalue weighted by Crippen LogP contribution is 2.36. The minimum Gasteiger partial charge on any atom is -0.508 e. The predicted molar refractivity (Wildman–Crippen MR) is 81.2 cm³/mol. The first-order valence-electron chi connectivity index (χ1n) is 6.07. The van der Waals surface area contributed by atoms with Crippen molar-refractivity contribution in [2.75, 3.05) is 0 Å². The average Bonchev–Trinajstić information content (AvgIpc) is 2.38. The van der Waals surface area contributed by atoms with E-state index in [0.717, 1.165) is 5.56 Å². The van der Waals surface area contributed by atoms with E-state index in [-0.39, 0.29) is 11.5 Å². The molecular formula is C15H14N2O2S. The number of allylic oxidation sites excluding steroid dienone is 2. The molecule has 0 saturated heterocycles. The molecule has 1 heterocycles. The molecule has 0 spiro atoms. The summed E-state index contributed by atoms with van der Waals surface area (Å²) < 4.78 is 0. The molecule has 20 heavy (non-hydrogen) atoms. The third-order valence-corrected chi connectivity index (χ3v) is 3.59. The van der Waals surface area contributed by atoms with Crippen molar-refractivity contribution in [3.8, 4) is 5.75 Å². The molecular weight excluding hydrogens is 272 g/mol. The maximum Gasteiger partial charge on any atom is 0.158 e. The molecule has 1 aliphatic rings. The van der Waals surface area contributed by atoms with Crippen LogP contribution in [0.15, 0.2) is 41.1 Å². The van der Waals surface area contributed by atoms with E-state index in [2.05, 4.69) is 11.2 Å². The highest BCUT2D eigenvalue weighted by atomic mass is 32.1. The number of carbonyl (C=O) groups excluding carboxylic acids is 1. The highest BCUT2D eigenvalue weighted by Gasteiger charge is 2.32. The summed E-state index contributed by atoms with van der Waals surface area (Å²) in [5.41, 5.74) is 2.52. The molecule has 2 rings (SSSR count). The highest BCUT2D eigenvalue weighted by molar-refractivity contribution is 7.80. The standard InChI is InChI=1S/C15H14N2O2S/c1-8-13(9(2)18)14(12(7-16)15(20)17-8)10-3-5-11(19)6-4-10/h3-6,14,16,19H,1-2H3,(H,17,20). The summed E-state index contributed by atoms with van der Waals surface area (Å²) in [5, 5.41) is 19.8. The van der Waals surface area contributed by atoms with Crippen LogP contribution in [0.25, 0.3) is 0 Å². The first kappa shape index (κ1) is 14.2. The Kier molecular flexibility index (Phi) is 3.84. The Morgan fingerprint density at radius 1 is 1.40 bits per heavy atom. The minimum absolute atomic E-state index is 0.0803. The molecule has 0 aliphatic carbocycles. The number of hydrogen-bond donors (Lipinski definition) is 3. The summed E-state index contributed by atoms with van der Waals surface area (Å²) >= 11 is 5.22. The number of nitrogens with one attached hydrogen (secondary N) is 2. The number of hydrogen-bond acceptors (Lipinski definition) is 4. The average molecular weight is 286 g/mol. The van der Waals surface area contributed by atoms with Crippen molar-refractivity contribution in [1.29, 1.82) is 5.41 Å². The van der Waals surface area contributed by atoms with Crippen molar-refractivity contribution in [2.45, 2.75) is 19.8 Å². The summed E-state index contributed by atoms with van der Waals surface area (Å²) in [6.07, 6.45) is 0. The lowest BCUT2D eigenvalue weighted by Crippen LogP contribution is -2.34. The molecule has 1 aliphatic heterocycles. The van der Waals surface area contributed by atoms with Gasteiger partial charge in [-0.25, -0.2) is 0 Å². The lowest BCUT2D eigenvalue weighted by molar-refractivity contribution is -0.113. The molecule has 0 fully saturated rings. The lowest BCUT2D eigenvalue weighted by atomic mass is 9.80. The Bertz CT molecular complexity index is 668. The van der Waals surface area contributed by atoms with Crippen molar-refractivity contribution >= 4 is 28.9 Å². The second kappa shape index (κ2) is 5.41. The van der Waals surface area contributed by atoms with Gasteiger partial charge in [-0.2, -0.15) is 0 Å². The topological polar surface area (TPSA) is 73.2 Å². The zero-order valence-corrected chi connectivity index (χ0v) is 12.0. The van der Waals surface area contributed by atoms with Crippen LogP contribution in [0.3, 0.4) is 0 Å². The largest absolute Gasteiger partial charge is 0.508 e. The van der Waals surface area contributed by atoms with E-state index < -0.39 is 5.92 Å². The van der Waals surface area contributed by atoms with Crippen LogP contribution in [-0.2, 0) is 4.79 Å². The van der Waals surface area contributed by atoms with E-state index in [1.165, 1.54) is 6.92 Å². The lowest BCUT2D eigenvalue weighted by Gasteiger charge is -2.29. The van der Waals surface area contributed by atoms with Crippen LogP contribution in [0, 0.1) is 5.41 Å². The second-order valence-electron chi connectivity index (χ2n) is 4.61. The monoisotopic (exact) mass is 286 g/mol. The first-order chi connectivity index (χ1) is 9.45. The SMILES string of the molecule is CC(=O)C1=C(C)NC(=S)C(=C=N)C1c1ccc(O)cc1. The van der Waals surface area contributed by atoms with Crippen molar-refractivity contribution < 1.29 is 9.90 Å². The quantitative estimate of drug-likeness (QED) is 0.443. The van der Waals surface area contributed by atoms with Gasteiger partial charge in [-0.1, -0.05) is 24.4 Å². The third kappa shape index (κ3) is 2.41. The van der Waals surface area contributed by atoms with Crippen molar-refractivity contribution in [2.24, 2.45) is 0 Å². The summed E-state index contributed by atoms with van der Waals surface area (Å²) in [6, 6.07) is 6.55. The summed E-state index contributed by atoms with van der Waals surface area (Å²) in [7, 11) is 0. The van der Waals surface area contributed by atoms with Gasteiger partial charge in [0.05, 0.1) is 11.5 Å². The molecule has 102 valence electrons. The number of thiocarbonyl (C=S) groups is 1. The molecule has 1 unspecified atom stereocenters. The van der Waals surface area contributed by atoms with Gasteiger partial charge in [0.1, 0.15) is 10.7 Å². The molecule has 1 atom stereocenters. The van der Waals surface area contributed by atoms with E-state index in [1.54, 1.807) is 31.2 Å². The van der Waals surface area contributed by atoms with Gasteiger partial charge in [0.2, 0.25) is 0 Å². The number of benzene rings is 1. The fraction of sp³-hybridized carbons (Fsp3) is 0.200. The number of rotatable bonds is 2. The van der Waals surface area contributed by atoms with E-state index in [9.17, 15) is 9.90 Å². The fourth-order valence-electron chi connectivity index (χ4n) is 2.39. The van der Waals surface area contributed by atoms with E-state index in [0.29, 0.717) is 21.8 Å². The Morgan fingerprint density at radius 2 is 2.00 bits per heavy atom. The molecule has 1 aromatic carbocycles. The van der Waals surface area contributed by atoms with Crippen LogP contribution in [0.1, 0.15) is 25.3 Å². The third-order valence-electron chi connectivity index (χ3n) is 3.27. The molecule has 3 N–H and O–H groups in total. The Labute approximate surface area is 122 Å². The van der Waals surface area contributed by atoms with Gasteiger partial charge in [-0.3, -0.25) is 10.2 Å². The summed E-state index contributed by atoms with van der Waals surface area (Å²) in [4.78, 5) is 12.3. The van der Waals surface area contributed by atoms with E-state index in [4.69, 9.17) is 17.6 Å². The van der Waals surface area contributed by atoms with Gasteiger partial charge in [0, 0.05) is 11.3 Å². The smallest absolute Gasteiger partial charge is 0.158 e. The van der Waals surface area contributed by atoms with Gasteiger partial charge in [0.25, 0.3) is 0 Å². The van der Waals surface area contributed by atoms with E-state index in [1.807, 2.05) is 0 Å². The van der Waals surface area contributed by atoms with Crippen molar-refractivity contribution in [3.05, 3.63) is 46.7 Å². The van der Waals surface area contributed by atoms with Crippen LogP contribution < -0.4 is 5.32 Å². The molecule has 4 nitrogen and oxygen atoms in total. The number of Topliss-reactive ketones (excluding diaryl/α,β-unsaturated/α-hetero) is 1. The number of carbonyl (C=O) groups is 1. The zero-order valence-electron chi connectivity index (χ0n) is 11.2. The fourth-order valence-corrected chi connectivity index (χ4v) is 2.72. The van der Waals surface area contributed by atoms with Crippen molar-refractivity contribution in [3.63, 3.8) is 0 Å². The van der Waals surface area contributed by atoms with Gasteiger partial charge in [0.15, 0.2) is 5.78 Å². The van der Waals surface area contributed by atoms with Gasteiger partial charge >= 0.3 is 0 Å². The Hall–Kier alpha value is -2.23. The molecule has 0 saturated carbocycles. The van der Waals surface area contributed by atoms with Crippen LogP contribution in [-0.4, -0.2) is 21.7 Å². The van der Waals surface area contributed by atoms with Crippen LogP contribution in [0.2, 0.25) is 0 Å².